The van der Waals surface area contributed by atoms with E-state index in [2.05, 4.69) is 37.5 Å². The van der Waals surface area contributed by atoms with Crippen LogP contribution in [0.5, 0.6) is 0 Å². The molecule has 2 heterocycles. The smallest absolute Gasteiger partial charge is 0.165 e. The normalized spacial score (nSPS) is 15.1. The predicted octanol–water partition coefficient (Wildman–Crippen LogP) is 5.62. The third-order valence-corrected chi connectivity index (χ3v) is 6.33. The van der Waals surface area contributed by atoms with Crippen LogP contribution in [0.4, 0.5) is 5.82 Å². The maximum atomic E-state index is 6.27. The molecule has 0 aliphatic heterocycles. The lowest BCUT2D eigenvalue weighted by Gasteiger charge is -2.23. The van der Waals surface area contributed by atoms with Crippen molar-refractivity contribution in [2.45, 2.75) is 65.8 Å². The molecule has 0 unspecified atom stereocenters. The summed E-state index contributed by atoms with van der Waals surface area (Å²) < 4.78 is 1.95. The Kier molecular flexibility index (Phi) is 6.30. The Morgan fingerprint density at radius 3 is 2.37 bits per heavy atom. The summed E-state index contributed by atoms with van der Waals surface area (Å²) >= 11 is 6.27. The van der Waals surface area contributed by atoms with Gasteiger partial charge < -0.3 is 10.6 Å². The average Bonchev–Trinajstić information content (AvgIpc) is 3.01. The Balaban J connectivity index is 1.61. The number of aromatic nitrogens is 3. The summed E-state index contributed by atoms with van der Waals surface area (Å²) in [5.41, 5.74) is 7.41. The van der Waals surface area contributed by atoms with E-state index in [4.69, 9.17) is 21.7 Å². The lowest BCUT2D eigenvalue weighted by atomic mass is 9.95. The first-order valence-corrected chi connectivity index (χ1v) is 11.4. The molecule has 1 aliphatic rings. The lowest BCUT2D eigenvalue weighted by Crippen LogP contribution is -2.34. The Bertz CT molecular complexity index is 1030. The maximum absolute atomic E-state index is 6.27. The van der Waals surface area contributed by atoms with Gasteiger partial charge in [0.2, 0.25) is 0 Å². The first-order chi connectivity index (χ1) is 14.4. The van der Waals surface area contributed by atoms with E-state index in [-0.39, 0.29) is 0 Å². The first-order valence-electron chi connectivity index (χ1n) is 11.1. The standard InChI is InChI=1S/C24H32ClN5/c1-15-12-19(25)13-16(2)22(15)23-18(4)29-30-21(14-17(3)28-24(23)30)27-11-10-26-20-8-6-5-7-9-20/h12-14,20,26-27H,5-11H2,1-4H3. The first kappa shape index (κ1) is 21.1. The summed E-state index contributed by atoms with van der Waals surface area (Å²) in [7, 11) is 0. The summed E-state index contributed by atoms with van der Waals surface area (Å²) in [6.07, 6.45) is 6.71. The zero-order valence-corrected chi connectivity index (χ0v) is 19.2. The third-order valence-electron chi connectivity index (χ3n) is 6.11. The number of benzene rings is 1. The number of aryl methyl sites for hydroxylation is 4. The van der Waals surface area contributed by atoms with Gasteiger partial charge in [-0.3, -0.25) is 0 Å². The molecule has 0 radical (unpaired) electrons. The van der Waals surface area contributed by atoms with E-state index in [1.54, 1.807) is 0 Å². The molecule has 6 heteroatoms. The van der Waals surface area contributed by atoms with Gasteiger partial charge in [-0.2, -0.15) is 9.61 Å². The van der Waals surface area contributed by atoms with E-state index in [1.165, 1.54) is 37.7 Å². The van der Waals surface area contributed by atoms with Gasteiger partial charge in [-0.25, -0.2) is 4.98 Å². The second-order valence-corrected chi connectivity index (χ2v) is 9.05. The van der Waals surface area contributed by atoms with E-state index < -0.39 is 0 Å². The molecule has 2 aromatic heterocycles. The largest absolute Gasteiger partial charge is 0.369 e. The Labute approximate surface area is 184 Å². The van der Waals surface area contributed by atoms with Crippen molar-refractivity contribution in [3.63, 3.8) is 0 Å². The molecule has 0 saturated heterocycles. The van der Waals surface area contributed by atoms with Crippen LogP contribution in [0.1, 0.15) is 54.6 Å². The molecule has 1 saturated carbocycles. The van der Waals surface area contributed by atoms with Crippen molar-refractivity contribution < 1.29 is 0 Å². The van der Waals surface area contributed by atoms with Crippen LogP contribution in [0.2, 0.25) is 5.02 Å². The number of halogens is 1. The van der Waals surface area contributed by atoms with Crippen molar-refractivity contribution in [2.24, 2.45) is 0 Å². The second-order valence-electron chi connectivity index (χ2n) is 8.61. The Morgan fingerprint density at radius 1 is 0.967 bits per heavy atom. The highest BCUT2D eigenvalue weighted by Crippen LogP contribution is 2.35. The number of hydrogen-bond acceptors (Lipinski definition) is 4. The lowest BCUT2D eigenvalue weighted by molar-refractivity contribution is 0.378. The summed E-state index contributed by atoms with van der Waals surface area (Å²) in [5.74, 6) is 0.988. The number of anilines is 1. The fourth-order valence-electron chi connectivity index (χ4n) is 4.74. The van der Waals surface area contributed by atoms with Crippen LogP contribution in [0.15, 0.2) is 18.2 Å². The maximum Gasteiger partial charge on any atom is 0.165 e. The van der Waals surface area contributed by atoms with E-state index in [9.17, 15) is 0 Å². The van der Waals surface area contributed by atoms with Gasteiger partial charge in [-0.15, -0.1) is 0 Å². The van der Waals surface area contributed by atoms with Crippen molar-refractivity contribution in [1.29, 1.82) is 0 Å². The minimum absolute atomic E-state index is 0.675. The highest BCUT2D eigenvalue weighted by molar-refractivity contribution is 6.30. The zero-order chi connectivity index (χ0) is 21.3. The number of fused-ring (bicyclic) bond motifs is 1. The molecule has 0 atom stereocenters. The molecule has 2 N–H and O–H groups in total. The van der Waals surface area contributed by atoms with Gasteiger partial charge in [0.05, 0.1) is 11.3 Å². The van der Waals surface area contributed by atoms with Crippen molar-refractivity contribution in [3.8, 4) is 11.1 Å². The third kappa shape index (κ3) is 4.33. The van der Waals surface area contributed by atoms with Gasteiger partial charge in [0, 0.05) is 35.9 Å². The zero-order valence-electron chi connectivity index (χ0n) is 18.5. The van der Waals surface area contributed by atoms with Gasteiger partial charge in [-0.1, -0.05) is 30.9 Å². The summed E-state index contributed by atoms with van der Waals surface area (Å²) in [6, 6.07) is 6.78. The summed E-state index contributed by atoms with van der Waals surface area (Å²) in [5, 5.41) is 12.9. The molecular weight excluding hydrogens is 394 g/mol. The van der Waals surface area contributed by atoms with Crippen LogP contribution >= 0.6 is 11.6 Å². The minimum Gasteiger partial charge on any atom is -0.369 e. The fourth-order valence-corrected chi connectivity index (χ4v) is 5.07. The summed E-state index contributed by atoms with van der Waals surface area (Å²) in [6.45, 7) is 10.1. The number of nitrogens with zero attached hydrogens (tertiary/aromatic N) is 3. The van der Waals surface area contributed by atoms with Crippen LogP contribution in [-0.4, -0.2) is 33.7 Å². The van der Waals surface area contributed by atoms with Gasteiger partial charge in [0.1, 0.15) is 5.82 Å². The van der Waals surface area contributed by atoms with Crippen LogP contribution in [0.3, 0.4) is 0 Å². The Hall–Kier alpha value is -2.11. The molecule has 30 heavy (non-hydrogen) atoms. The average molecular weight is 426 g/mol. The predicted molar refractivity (Wildman–Crippen MR) is 126 cm³/mol. The van der Waals surface area contributed by atoms with Crippen molar-refractivity contribution in [3.05, 3.63) is 45.7 Å². The molecule has 3 aromatic rings. The van der Waals surface area contributed by atoms with Crippen molar-refractivity contribution >= 4 is 23.1 Å². The van der Waals surface area contributed by atoms with Gasteiger partial charge >= 0.3 is 0 Å². The van der Waals surface area contributed by atoms with E-state index >= 15 is 0 Å². The molecule has 4 rings (SSSR count). The fraction of sp³-hybridized carbons (Fsp3) is 0.500. The molecule has 1 aromatic carbocycles. The molecule has 0 amide bonds. The molecule has 160 valence electrons. The summed E-state index contributed by atoms with van der Waals surface area (Å²) in [4.78, 5) is 4.85. The number of rotatable bonds is 6. The van der Waals surface area contributed by atoms with Crippen molar-refractivity contribution in [2.75, 3.05) is 18.4 Å². The quantitative estimate of drug-likeness (QED) is 0.503. The van der Waals surface area contributed by atoms with E-state index in [0.29, 0.717) is 6.04 Å². The van der Waals surface area contributed by atoms with Gasteiger partial charge in [-0.05, 0) is 69.4 Å². The van der Waals surface area contributed by atoms with Gasteiger partial charge in [0.25, 0.3) is 0 Å². The second kappa shape index (κ2) is 8.94. The number of nitrogens with one attached hydrogen (secondary N) is 2. The van der Waals surface area contributed by atoms with E-state index in [1.807, 2.05) is 23.6 Å². The van der Waals surface area contributed by atoms with Crippen LogP contribution in [0.25, 0.3) is 16.8 Å². The monoisotopic (exact) mass is 425 g/mol. The minimum atomic E-state index is 0.675. The highest BCUT2D eigenvalue weighted by atomic mass is 35.5. The molecule has 1 aliphatic carbocycles. The number of hydrogen-bond donors (Lipinski definition) is 2. The van der Waals surface area contributed by atoms with Crippen molar-refractivity contribution in [1.82, 2.24) is 19.9 Å². The molecule has 1 fully saturated rings. The van der Waals surface area contributed by atoms with Gasteiger partial charge in [0.15, 0.2) is 5.65 Å². The molecular formula is C24H32ClN5. The molecule has 0 spiro atoms. The Morgan fingerprint density at radius 2 is 1.67 bits per heavy atom. The van der Waals surface area contributed by atoms with Crippen LogP contribution < -0.4 is 10.6 Å². The highest BCUT2D eigenvalue weighted by Gasteiger charge is 2.19. The topological polar surface area (TPSA) is 54.2 Å². The molecule has 0 bridgehead atoms. The SMILES string of the molecule is Cc1cc(NCCNC2CCCCC2)n2nc(C)c(-c3c(C)cc(Cl)cc3C)c2n1. The van der Waals surface area contributed by atoms with E-state index in [0.717, 1.165) is 57.7 Å². The van der Waals surface area contributed by atoms with Crippen LogP contribution in [0, 0.1) is 27.7 Å². The van der Waals surface area contributed by atoms with Crippen LogP contribution in [-0.2, 0) is 0 Å². The molecule has 5 nitrogen and oxygen atoms in total.